The highest BCUT2D eigenvalue weighted by atomic mass is 35.5. The average molecular weight is 477 g/mol. The van der Waals surface area contributed by atoms with E-state index in [1.165, 1.54) is 5.57 Å². The molecule has 0 fully saturated rings. The van der Waals surface area contributed by atoms with Gasteiger partial charge < -0.3 is 10.2 Å². The number of ketones is 1. The summed E-state index contributed by atoms with van der Waals surface area (Å²) in [6, 6.07) is 13.7. The molecule has 2 aromatic carbocycles. The summed E-state index contributed by atoms with van der Waals surface area (Å²) in [6.45, 7) is 8.88. The first kappa shape index (κ1) is 24.3. The summed E-state index contributed by atoms with van der Waals surface area (Å²) in [4.78, 5) is 28.1. The molecule has 0 radical (unpaired) electrons. The maximum atomic E-state index is 13.2. The van der Waals surface area contributed by atoms with E-state index in [1.807, 2.05) is 30.3 Å². The molecule has 1 atom stereocenters. The number of halogens is 1. The molecule has 1 heterocycles. The van der Waals surface area contributed by atoms with Gasteiger partial charge in [-0.3, -0.25) is 9.59 Å². The normalized spacial score (nSPS) is 21.0. The first-order valence-corrected chi connectivity index (χ1v) is 12.3. The molecule has 1 amide bonds. The van der Waals surface area contributed by atoms with Crippen molar-refractivity contribution in [2.24, 2.45) is 5.41 Å². The summed E-state index contributed by atoms with van der Waals surface area (Å²) in [7, 11) is 0. The number of benzene rings is 2. The van der Waals surface area contributed by atoms with E-state index in [-0.39, 0.29) is 17.1 Å². The van der Waals surface area contributed by atoms with Gasteiger partial charge in [0.2, 0.25) is 5.91 Å². The number of hydrogen-bond acceptors (Lipinski definition) is 3. The molecular formula is C29H33ClN2O2. The van der Waals surface area contributed by atoms with Crippen LogP contribution >= 0.6 is 11.6 Å². The molecule has 0 bridgehead atoms. The summed E-state index contributed by atoms with van der Waals surface area (Å²) in [5.74, 6) is 0.119. The van der Waals surface area contributed by atoms with Gasteiger partial charge in [0.1, 0.15) is 5.54 Å². The van der Waals surface area contributed by atoms with E-state index < -0.39 is 5.54 Å². The number of hydrogen-bond donors (Lipinski definition) is 1. The van der Waals surface area contributed by atoms with Crippen LogP contribution in [0.15, 0.2) is 66.3 Å². The van der Waals surface area contributed by atoms with Crippen molar-refractivity contribution in [3.63, 3.8) is 0 Å². The van der Waals surface area contributed by atoms with E-state index in [1.54, 1.807) is 6.92 Å². The zero-order valence-corrected chi connectivity index (χ0v) is 21.2. The standard InChI is InChI=1S/C29H33ClN2O2/c1-20-14-15-29(21(2)33,28(3,4)19-20)32-16-6-8-23-18-25(11-12-26(23)32)31-27(34)13-10-22-7-5-9-24(30)17-22/h5,7,9,11-12,14-15,17-19H,6,8,10,13,16H2,1-4H3,(H,31,34). The van der Waals surface area contributed by atoms with E-state index in [9.17, 15) is 9.59 Å². The Morgan fingerprint density at radius 3 is 2.65 bits per heavy atom. The Morgan fingerprint density at radius 1 is 1.15 bits per heavy atom. The second-order valence-electron chi connectivity index (χ2n) is 10.0. The van der Waals surface area contributed by atoms with Crippen molar-refractivity contribution >= 4 is 34.7 Å². The molecule has 0 saturated heterocycles. The maximum Gasteiger partial charge on any atom is 0.224 e. The molecule has 2 aromatic rings. The molecule has 1 aliphatic heterocycles. The van der Waals surface area contributed by atoms with Gasteiger partial charge in [0.15, 0.2) is 5.78 Å². The van der Waals surface area contributed by atoms with E-state index in [2.05, 4.69) is 61.3 Å². The van der Waals surface area contributed by atoms with Crippen LogP contribution in [-0.4, -0.2) is 23.8 Å². The van der Waals surface area contributed by atoms with Gasteiger partial charge in [-0.1, -0.05) is 61.4 Å². The number of nitrogens with one attached hydrogen (secondary N) is 1. The lowest BCUT2D eigenvalue weighted by Gasteiger charge is -2.53. The molecule has 0 aromatic heterocycles. The molecule has 4 nitrogen and oxygen atoms in total. The molecule has 2 aliphatic rings. The van der Waals surface area contributed by atoms with Gasteiger partial charge in [-0.2, -0.15) is 0 Å². The van der Waals surface area contributed by atoms with Gasteiger partial charge in [0.25, 0.3) is 0 Å². The van der Waals surface area contributed by atoms with Crippen LogP contribution in [0.2, 0.25) is 5.02 Å². The number of carbonyl (C=O) groups is 2. The fourth-order valence-electron chi connectivity index (χ4n) is 5.61. The first-order chi connectivity index (χ1) is 16.1. The maximum absolute atomic E-state index is 13.2. The van der Waals surface area contributed by atoms with Crippen molar-refractivity contribution in [2.45, 2.75) is 58.9 Å². The second kappa shape index (κ2) is 9.42. The third kappa shape index (κ3) is 4.56. The van der Waals surface area contributed by atoms with Crippen molar-refractivity contribution in [1.29, 1.82) is 0 Å². The summed E-state index contributed by atoms with van der Waals surface area (Å²) < 4.78 is 0. The van der Waals surface area contributed by atoms with Crippen LogP contribution < -0.4 is 10.2 Å². The van der Waals surface area contributed by atoms with Crippen LogP contribution in [0.5, 0.6) is 0 Å². The fraction of sp³-hybridized carbons (Fsp3) is 0.379. The lowest BCUT2D eigenvalue weighted by molar-refractivity contribution is -0.123. The van der Waals surface area contributed by atoms with E-state index in [0.29, 0.717) is 17.9 Å². The minimum Gasteiger partial charge on any atom is -0.355 e. The van der Waals surface area contributed by atoms with Crippen LogP contribution in [0.1, 0.15) is 51.7 Å². The zero-order chi connectivity index (χ0) is 24.5. The number of fused-ring (bicyclic) bond motifs is 1. The Kier molecular flexibility index (Phi) is 6.73. The molecule has 1 N–H and O–H groups in total. The SMILES string of the molecule is CC(=O)C1(N2CCCc3cc(NC(=O)CCc4cccc(Cl)c4)ccc32)C=CC(C)=CC1(C)C. The number of anilines is 2. The molecule has 178 valence electrons. The van der Waals surface area contributed by atoms with Crippen LogP contribution in [0.3, 0.4) is 0 Å². The van der Waals surface area contributed by atoms with Crippen LogP contribution in [0.4, 0.5) is 11.4 Å². The van der Waals surface area contributed by atoms with Gasteiger partial charge >= 0.3 is 0 Å². The molecular weight excluding hydrogens is 444 g/mol. The lowest BCUT2D eigenvalue weighted by Crippen LogP contribution is -2.63. The highest BCUT2D eigenvalue weighted by Gasteiger charge is 2.52. The Bertz CT molecular complexity index is 1180. The van der Waals surface area contributed by atoms with Gasteiger partial charge in [0.05, 0.1) is 0 Å². The Morgan fingerprint density at radius 2 is 1.94 bits per heavy atom. The van der Waals surface area contributed by atoms with E-state index in [4.69, 9.17) is 11.6 Å². The van der Waals surface area contributed by atoms with E-state index in [0.717, 1.165) is 41.9 Å². The number of aryl methyl sites for hydroxylation is 2. The fourth-order valence-corrected chi connectivity index (χ4v) is 5.82. The van der Waals surface area contributed by atoms with Crippen LogP contribution in [-0.2, 0) is 22.4 Å². The van der Waals surface area contributed by atoms with Crippen molar-refractivity contribution in [3.8, 4) is 0 Å². The minimum atomic E-state index is -0.733. The molecule has 5 heteroatoms. The smallest absolute Gasteiger partial charge is 0.224 e. The Balaban J connectivity index is 1.55. The molecule has 0 saturated carbocycles. The average Bonchev–Trinajstić information content (AvgIpc) is 2.77. The number of amides is 1. The highest BCUT2D eigenvalue weighted by molar-refractivity contribution is 6.30. The summed E-state index contributed by atoms with van der Waals surface area (Å²) >= 11 is 6.05. The number of nitrogens with zero attached hydrogens (tertiary/aromatic N) is 1. The van der Waals surface area contributed by atoms with Crippen molar-refractivity contribution in [1.82, 2.24) is 0 Å². The number of rotatable bonds is 6. The van der Waals surface area contributed by atoms with Gasteiger partial charge in [0, 0.05) is 34.8 Å². The monoisotopic (exact) mass is 476 g/mol. The predicted octanol–water partition coefficient (Wildman–Crippen LogP) is 6.53. The predicted molar refractivity (Wildman–Crippen MR) is 141 cm³/mol. The highest BCUT2D eigenvalue weighted by Crippen LogP contribution is 2.47. The summed E-state index contributed by atoms with van der Waals surface area (Å²) in [5, 5.41) is 3.73. The summed E-state index contributed by atoms with van der Waals surface area (Å²) in [5.41, 5.74) is 4.17. The third-order valence-electron chi connectivity index (χ3n) is 7.13. The van der Waals surface area contributed by atoms with Crippen molar-refractivity contribution < 1.29 is 9.59 Å². The minimum absolute atomic E-state index is 0.0234. The number of carbonyl (C=O) groups excluding carboxylic acids is 2. The number of allylic oxidation sites excluding steroid dienone is 2. The molecule has 1 aliphatic carbocycles. The Labute approximate surface area is 207 Å². The second-order valence-corrected chi connectivity index (χ2v) is 10.5. The molecule has 1 unspecified atom stereocenters. The third-order valence-corrected chi connectivity index (χ3v) is 7.37. The molecule has 34 heavy (non-hydrogen) atoms. The molecule has 0 spiro atoms. The summed E-state index contributed by atoms with van der Waals surface area (Å²) in [6.07, 6.45) is 9.27. The first-order valence-electron chi connectivity index (χ1n) is 12.0. The van der Waals surface area contributed by atoms with Gasteiger partial charge in [-0.05, 0) is 74.6 Å². The molecule has 4 rings (SSSR count). The topological polar surface area (TPSA) is 49.4 Å². The van der Waals surface area contributed by atoms with Gasteiger partial charge in [-0.15, -0.1) is 0 Å². The Hall–Kier alpha value is -2.85. The van der Waals surface area contributed by atoms with Crippen LogP contribution in [0.25, 0.3) is 0 Å². The zero-order valence-electron chi connectivity index (χ0n) is 20.5. The van der Waals surface area contributed by atoms with E-state index >= 15 is 0 Å². The number of Topliss-reactive ketones (excluding diaryl/α,β-unsaturated/α-hetero) is 1. The quantitative estimate of drug-likeness (QED) is 0.515. The largest absolute Gasteiger partial charge is 0.355 e. The van der Waals surface area contributed by atoms with Crippen molar-refractivity contribution in [3.05, 3.63) is 82.4 Å². The van der Waals surface area contributed by atoms with Crippen LogP contribution in [0, 0.1) is 5.41 Å². The van der Waals surface area contributed by atoms with Crippen molar-refractivity contribution in [2.75, 3.05) is 16.8 Å². The lowest BCUT2D eigenvalue weighted by atomic mass is 9.64. The van der Waals surface area contributed by atoms with Gasteiger partial charge in [-0.25, -0.2) is 0 Å².